The Hall–Kier alpha value is -2.05. The van der Waals surface area contributed by atoms with Gasteiger partial charge < -0.3 is 9.84 Å². The number of hydrogen-bond donors (Lipinski definition) is 2. The molecular formula is C18H22O5S. The van der Waals surface area contributed by atoms with Crippen LogP contribution in [0.2, 0.25) is 0 Å². The van der Waals surface area contributed by atoms with Crippen LogP contribution < -0.4 is 4.74 Å². The summed E-state index contributed by atoms with van der Waals surface area (Å²) in [4.78, 5) is -0.550. The molecule has 0 heterocycles. The first-order valence-corrected chi connectivity index (χ1v) is 9.42. The molecule has 0 aliphatic carbocycles. The normalized spacial score (nSPS) is 11.4. The van der Waals surface area contributed by atoms with Crippen molar-refractivity contribution in [1.29, 1.82) is 0 Å². The minimum atomic E-state index is -4.52. The largest absolute Gasteiger partial charge is 0.506 e. The van der Waals surface area contributed by atoms with Crippen molar-refractivity contribution in [3.8, 4) is 17.2 Å². The van der Waals surface area contributed by atoms with Gasteiger partial charge in [-0.3, -0.25) is 4.55 Å². The van der Waals surface area contributed by atoms with Gasteiger partial charge in [0, 0.05) is 6.07 Å². The van der Waals surface area contributed by atoms with Crippen molar-refractivity contribution < 1.29 is 22.8 Å². The zero-order valence-corrected chi connectivity index (χ0v) is 14.4. The number of para-hydroxylation sites is 1. The molecular weight excluding hydrogens is 328 g/mol. The van der Waals surface area contributed by atoms with Gasteiger partial charge in [0.25, 0.3) is 10.1 Å². The zero-order valence-electron chi connectivity index (χ0n) is 13.6. The summed E-state index contributed by atoms with van der Waals surface area (Å²) in [5, 5.41) is 9.93. The van der Waals surface area contributed by atoms with Crippen molar-refractivity contribution in [3.63, 3.8) is 0 Å². The van der Waals surface area contributed by atoms with Gasteiger partial charge in [-0.1, -0.05) is 44.4 Å². The fourth-order valence-corrected chi connectivity index (χ4v) is 3.03. The second kappa shape index (κ2) is 8.17. The van der Waals surface area contributed by atoms with Crippen LogP contribution >= 0.6 is 0 Å². The lowest BCUT2D eigenvalue weighted by Gasteiger charge is -2.14. The molecule has 24 heavy (non-hydrogen) atoms. The van der Waals surface area contributed by atoms with Crippen molar-refractivity contribution >= 4 is 10.1 Å². The van der Waals surface area contributed by atoms with Crippen LogP contribution in [-0.4, -0.2) is 18.1 Å². The molecule has 2 rings (SSSR count). The van der Waals surface area contributed by atoms with E-state index in [0.717, 1.165) is 25.7 Å². The molecule has 0 aliphatic heterocycles. The van der Waals surface area contributed by atoms with Crippen molar-refractivity contribution in [2.75, 3.05) is 0 Å². The van der Waals surface area contributed by atoms with Crippen LogP contribution in [0, 0.1) is 0 Å². The predicted molar refractivity (Wildman–Crippen MR) is 92.3 cm³/mol. The van der Waals surface area contributed by atoms with E-state index in [1.165, 1.54) is 12.1 Å². The average molecular weight is 350 g/mol. The summed E-state index contributed by atoms with van der Waals surface area (Å²) in [6.45, 7) is 2.12. The molecule has 0 saturated heterocycles. The summed E-state index contributed by atoms with van der Waals surface area (Å²) in [5.41, 5.74) is 0.708. The van der Waals surface area contributed by atoms with E-state index in [2.05, 4.69) is 6.92 Å². The van der Waals surface area contributed by atoms with Crippen molar-refractivity contribution in [3.05, 3.63) is 48.0 Å². The first-order valence-electron chi connectivity index (χ1n) is 7.98. The highest BCUT2D eigenvalue weighted by molar-refractivity contribution is 7.86. The Morgan fingerprint density at radius 2 is 1.75 bits per heavy atom. The molecule has 2 N–H and O–H groups in total. The Morgan fingerprint density at radius 1 is 1.04 bits per heavy atom. The molecule has 0 aliphatic rings. The highest BCUT2D eigenvalue weighted by Crippen LogP contribution is 2.34. The van der Waals surface area contributed by atoms with Crippen LogP contribution in [0.25, 0.3) is 0 Å². The van der Waals surface area contributed by atoms with Gasteiger partial charge in [0.2, 0.25) is 0 Å². The Morgan fingerprint density at radius 3 is 2.38 bits per heavy atom. The zero-order chi connectivity index (χ0) is 17.6. The number of hydrogen-bond acceptors (Lipinski definition) is 4. The van der Waals surface area contributed by atoms with Crippen molar-refractivity contribution in [2.45, 2.75) is 43.9 Å². The summed E-state index contributed by atoms with van der Waals surface area (Å²) < 4.78 is 37.8. The number of phenolic OH excluding ortho intramolecular Hbond substituents is 1. The Kier molecular flexibility index (Phi) is 6.23. The molecule has 0 fully saturated rings. The van der Waals surface area contributed by atoms with Crippen molar-refractivity contribution in [1.82, 2.24) is 0 Å². The molecule has 2 aromatic carbocycles. The molecule has 0 spiro atoms. The van der Waals surface area contributed by atoms with Gasteiger partial charge in [0.15, 0.2) is 0 Å². The van der Waals surface area contributed by atoms with Gasteiger partial charge in [-0.2, -0.15) is 8.42 Å². The summed E-state index contributed by atoms with van der Waals surface area (Å²) in [6.07, 6.45) is 4.83. The SMILES string of the molecule is CCCCCCc1cc(O)c(S(=O)(=O)O)cc1Oc1ccccc1. The molecule has 0 radical (unpaired) electrons. The predicted octanol–water partition coefficient (Wildman–Crippen LogP) is 4.55. The third kappa shape index (κ3) is 4.97. The first-order chi connectivity index (χ1) is 11.4. The van der Waals surface area contributed by atoms with Gasteiger partial charge in [-0.25, -0.2) is 0 Å². The van der Waals surface area contributed by atoms with Crippen LogP contribution in [0.3, 0.4) is 0 Å². The maximum Gasteiger partial charge on any atom is 0.298 e. The van der Waals surface area contributed by atoms with E-state index in [9.17, 15) is 18.1 Å². The molecule has 0 amide bonds. The topological polar surface area (TPSA) is 83.8 Å². The van der Waals surface area contributed by atoms with Crippen LogP contribution in [0.1, 0.15) is 38.2 Å². The van der Waals surface area contributed by atoms with Crippen molar-refractivity contribution in [2.24, 2.45) is 0 Å². The first kappa shape index (κ1) is 18.3. The molecule has 0 atom stereocenters. The minimum absolute atomic E-state index is 0.322. The lowest BCUT2D eigenvalue weighted by molar-refractivity contribution is 0.432. The van der Waals surface area contributed by atoms with E-state index in [1.807, 2.05) is 6.07 Å². The van der Waals surface area contributed by atoms with Gasteiger partial charge in [0.1, 0.15) is 22.1 Å². The second-order valence-corrected chi connectivity index (χ2v) is 7.02. The van der Waals surface area contributed by atoms with Crippen LogP contribution in [0.4, 0.5) is 0 Å². The monoisotopic (exact) mass is 350 g/mol. The molecule has 0 unspecified atom stereocenters. The standard InChI is InChI=1S/C18H22O5S/c1-2-3-4-6-9-14-12-16(19)18(24(20,21)22)13-17(14)23-15-10-7-5-8-11-15/h5,7-8,10-13,19H,2-4,6,9H2,1H3,(H,20,21,22). The number of phenols is 1. The molecule has 2 aromatic rings. The summed E-state index contributed by atoms with van der Waals surface area (Å²) in [6, 6.07) is 11.5. The van der Waals surface area contributed by atoms with E-state index in [1.54, 1.807) is 24.3 Å². The smallest absolute Gasteiger partial charge is 0.298 e. The Bertz CT molecular complexity index is 769. The number of rotatable bonds is 8. The quantitative estimate of drug-likeness (QED) is 0.539. The van der Waals surface area contributed by atoms with Gasteiger partial charge >= 0.3 is 0 Å². The second-order valence-electron chi connectivity index (χ2n) is 5.63. The number of unbranched alkanes of at least 4 members (excludes halogenated alkanes) is 3. The van der Waals surface area contributed by atoms with Crippen LogP contribution in [0.5, 0.6) is 17.2 Å². The Labute approximate surface area is 142 Å². The number of aromatic hydroxyl groups is 1. The number of aryl methyl sites for hydroxylation is 1. The molecule has 130 valence electrons. The van der Waals surface area contributed by atoms with Gasteiger partial charge in [-0.05, 0) is 36.6 Å². The van der Waals surface area contributed by atoms with E-state index in [-0.39, 0.29) is 0 Å². The summed E-state index contributed by atoms with van der Waals surface area (Å²) >= 11 is 0. The third-order valence-corrected chi connectivity index (χ3v) is 4.57. The fourth-order valence-electron chi connectivity index (χ4n) is 2.45. The number of ether oxygens (including phenoxy) is 1. The lowest BCUT2D eigenvalue weighted by atomic mass is 10.0. The maximum atomic E-state index is 11.4. The van der Waals surface area contributed by atoms with Crippen LogP contribution in [-0.2, 0) is 16.5 Å². The third-order valence-electron chi connectivity index (χ3n) is 3.69. The van der Waals surface area contributed by atoms with Crippen LogP contribution in [0.15, 0.2) is 47.4 Å². The molecule has 0 bridgehead atoms. The van der Waals surface area contributed by atoms with Gasteiger partial charge in [0.05, 0.1) is 0 Å². The van der Waals surface area contributed by atoms with E-state index >= 15 is 0 Å². The maximum absolute atomic E-state index is 11.4. The van der Waals surface area contributed by atoms with E-state index in [4.69, 9.17) is 4.74 Å². The number of benzene rings is 2. The highest BCUT2D eigenvalue weighted by Gasteiger charge is 2.20. The van der Waals surface area contributed by atoms with E-state index in [0.29, 0.717) is 23.5 Å². The molecule has 6 heteroatoms. The van der Waals surface area contributed by atoms with Gasteiger partial charge in [-0.15, -0.1) is 0 Å². The lowest BCUT2D eigenvalue weighted by Crippen LogP contribution is -2.01. The molecule has 0 saturated carbocycles. The average Bonchev–Trinajstić information content (AvgIpc) is 2.53. The summed E-state index contributed by atoms with van der Waals surface area (Å²) in [5.74, 6) is 0.408. The van der Waals surface area contributed by atoms with E-state index < -0.39 is 20.8 Å². The molecule has 0 aromatic heterocycles. The highest BCUT2D eigenvalue weighted by atomic mass is 32.2. The Balaban J connectivity index is 2.35. The summed E-state index contributed by atoms with van der Waals surface area (Å²) in [7, 11) is -4.52. The molecule has 5 nitrogen and oxygen atoms in total. The fraction of sp³-hybridized carbons (Fsp3) is 0.333. The minimum Gasteiger partial charge on any atom is -0.506 e.